The van der Waals surface area contributed by atoms with E-state index in [1.807, 2.05) is 28.0 Å². The van der Waals surface area contributed by atoms with E-state index in [0.29, 0.717) is 11.5 Å². The lowest BCUT2D eigenvalue weighted by atomic mass is 10.2. The maximum absolute atomic E-state index is 13.0. The Morgan fingerprint density at radius 2 is 1.88 bits per heavy atom. The summed E-state index contributed by atoms with van der Waals surface area (Å²) in [6, 6.07) is 10.4. The van der Waals surface area contributed by atoms with Gasteiger partial charge in [0.15, 0.2) is 0 Å². The van der Waals surface area contributed by atoms with Gasteiger partial charge in [0.2, 0.25) is 5.95 Å². The lowest BCUT2D eigenvalue weighted by molar-refractivity contribution is -0.137. The summed E-state index contributed by atoms with van der Waals surface area (Å²) >= 11 is 0. The molecule has 4 aromatic rings. The Labute approximate surface area is 182 Å². The molecule has 0 radical (unpaired) electrons. The maximum atomic E-state index is 13.0. The number of hydrogen-bond acceptors (Lipinski definition) is 6. The van der Waals surface area contributed by atoms with Gasteiger partial charge in [0.05, 0.1) is 11.3 Å². The fourth-order valence-corrected chi connectivity index (χ4v) is 3.16. The second kappa shape index (κ2) is 9.04. The molecule has 0 fully saturated rings. The smallest absolute Gasteiger partial charge is 0.324 e. The molecule has 7 nitrogen and oxygen atoms in total. The molecule has 0 unspecified atom stereocenters. The predicted octanol–water partition coefficient (Wildman–Crippen LogP) is 5.18. The van der Waals surface area contributed by atoms with Crippen molar-refractivity contribution in [1.29, 1.82) is 0 Å². The highest BCUT2D eigenvalue weighted by molar-refractivity contribution is 5.65. The third-order valence-electron chi connectivity index (χ3n) is 4.61. The Balaban J connectivity index is 1.61. The minimum Gasteiger partial charge on any atom is -0.324 e. The van der Waals surface area contributed by atoms with Crippen molar-refractivity contribution in [1.82, 2.24) is 24.6 Å². The van der Waals surface area contributed by atoms with E-state index < -0.39 is 11.7 Å². The highest BCUT2D eigenvalue weighted by atomic mass is 19.4. The molecule has 164 valence electrons. The summed E-state index contributed by atoms with van der Waals surface area (Å²) < 4.78 is 40.8. The van der Waals surface area contributed by atoms with Crippen LogP contribution in [0.2, 0.25) is 0 Å². The summed E-state index contributed by atoms with van der Waals surface area (Å²) in [7, 11) is 0. The topological polar surface area (TPSA) is 71.8 Å². The molecule has 1 N–H and O–H groups in total. The zero-order valence-electron chi connectivity index (χ0n) is 17.2. The van der Waals surface area contributed by atoms with E-state index >= 15 is 0 Å². The minimum absolute atomic E-state index is 0.195. The van der Waals surface area contributed by atoms with Crippen LogP contribution in [-0.4, -0.2) is 31.2 Å². The van der Waals surface area contributed by atoms with Crippen molar-refractivity contribution in [3.8, 4) is 11.3 Å². The average molecular weight is 439 g/mol. The molecule has 0 atom stereocenters. The lowest BCUT2D eigenvalue weighted by Gasteiger charge is -2.24. The number of aromatic nitrogens is 5. The molecule has 0 aliphatic carbocycles. The van der Waals surface area contributed by atoms with E-state index in [1.54, 1.807) is 31.0 Å². The SMILES string of the molecule is CCCN(c1cc(-c2ccnc(Nc3cccc(C(F)(F)F)c3)n2)ccn1)n1ccnc1. The number of rotatable bonds is 7. The van der Waals surface area contributed by atoms with Crippen LogP contribution in [0.4, 0.5) is 30.6 Å². The van der Waals surface area contributed by atoms with Crippen LogP contribution < -0.4 is 10.3 Å². The number of nitrogens with one attached hydrogen (secondary N) is 1. The predicted molar refractivity (Wildman–Crippen MR) is 115 cm³/mol. The molecule has 0 amide bonds. The number of hydrogen-bond donors (Lipinski definition) is 1. The van der Waals surface area contributed by atoms with Gasteiger partial charge in [-0.05, 0) is 42.8 Å². The first-order chi connectivity index (χ1) is 15.4. The second-order valence-corrected chi connectivity index (χ2v) is 6.94. The van der Waals surface area contributed by atoms with Crippen LogP contribution in [0, 0.1) is 0 Å². The summed E-state index contributed by atoms with van der Waals surface area (Å²) in [4.78, 5) is 17.2. The fourth-order valence-electron chi connectivity index (χ4n) is 3.16. The Morgan fingerprint density at radius 3 is 2.62 bits per heavy atom. The van der Waals surface area contributed by atoms with Gasteiger partial charge >= 0.3 is 6.18 Å². The number of pyridine rings is 1. The van der Waals surface area contributed by atoms with Crippen molar-refractivity contribution in [2.45, 2.75) is 19.5 Å². The van der Waals surface area contributed by atoms with Crippen LogP contribution in [-0.2, 0) is 6.18 Å². The molecule has 0 saturated carbocycles. The van der Waals surface area contributed by atoms with Gasteiger partial charge in [-0.3, -0.25) is 5.01 Å². The van der Waals surface area contributed by atoms with Crippen molar-refractivity contribution in [3.05, 3.63) is 79.1 Å². The first-order valence-corrected chi connectivity index (χ1v) is 9.93. The molecule has 3 heterocycles. The number of anilines is 3. The summed E-state index contributed by atoms with van der Waals surface area (Å²) in [5, 5.41) is 4.83. The molecule has 10 heteroatoms. The number of nitrogens with zero attached hydrogens (tertiary/aromatic N) is 6. The van der Waals surface area contributed by atoms with Crippen LogP contribution >= 0.6 is 0 Å². The summed E-state index contributed by atoms with van der Waals surface area (Å²) in [5.74, 6) is 0.911. The first-order valence-electron chi connectivity index (χ1n) is 9.93. The quantitative estimate of drug-likeness (QED) is 0.428. The van der Waals surface area contributed by atoms with Crippen molar-refractivity contribution >= 4 is 17.5 Å². The molecule has 3 aromatic heterocycles. The zero-order valence-corrected chi connectivity index (χ0v) is 17.2. The molecular weight excluding hydrogens is 419 g/mol. The van der Waals surface area contributed by atoms with Gasteiger partial charge < -0.3 is 5.32 Å². The molecule has 0 aliphatic heterocycles. The van der Waals surface area contributed by atoms with Crippen LogP contribution in [0.5, 0.6) is 0 Å². The van der Waals surface area contributed by atoms with Crippen molar-refractivity contribution < 1.29 is 13.2 Å². The molecule has 0 bridgehead atoms. The Hall–Kier alpha value is -3.95. The lowest BCUT2D eigenvalue weighted by Crippen LogP contribution is -2.29. The second-order valence-electron chi connectivity index (χ2n) is 6.94. The molecule has 0 saturated heterocycles. The van der Waals surface area contributed by atoms with Crippen molar-refractivity contribution in [2.24, 2.45) is 0 Å². The fraction of sp³-hybridized carbons (Fsp3) is 0.182. The third kappa shape index (κ3) is 4.85. The van der Waals surface area contributed by atoms with E-state index in [4.69, 9.17) is 0 Å². The van der Waals surface area contributed by atoms with Crippen LogP contribution in [0.15, 0.2) is 73.6 Å². The van der Waals surface area contributed by atoms with Gasteiger partial charge in [-0.25, -0.2) is 24.6 Å². The van der Waals surface area contributed by atoms with Gasteiger partial charge in [0, 0.05) is 42.6 Å². The molecular formula is C22H20F3N7. The van der Waals surface area contributed by atoms with E-state index in [0.717, 1.165) is 30.7 Å². The maximum Gasteiger partial charge on any atom is 0.416 e. The van der Waals surface area contributed by atoms with Gasteiger partial charge in [-0.2, -0.15) is 13.2 Å². The molecule has 1 aromatic carbocycles. The van der Waals surface area contributed by atoms with E-state index in [2.05, 4.69) is 32.2 Å². The summed E-state index contributed by atoms with van der Waals surface area (Å²) in [6.45, 7) is 2.81. The van der Waals surface area contributed by atoms with Crippen LogP contribution in [0.1, 0.15) is 18.9 Å². The Kier molecular flexibility index (Phi) is 6.02. The number of imidazole rings is 1. The average Bonchev–Trinajstić information content (AvgIpc) is 3.32. The normalized spacial score (nSPS) is 11.4. The molecule has 0 aliphatic rings. The zero-order chi connectivity index (χ0) is 22.6. The van der Waals surface area contributed by atoms with Crippen molar-refractivity contribution in [3.63, 3.8) is 0 Å². The third-order valence-corrected chi connectivity index (χ3v) is 4.61. The van der Waals surface area contributed by atoms with Gasteiger partial charge in [0.1, 0.15) is 12.1 Å². The summed E-state index contributed by atoms with van der Waals surface area (Å²) in [5.41, 5.74) is 0.917. The van der Waals surface area contributed by atoms with Crippen molar-refractivity contribution in [2.75, 3.05) is 16.9 Å². The molecule has 0 spiro atoms. The van der Waals surface area contributed by atoms with E-state index in [1.165, 1.54) is 12.1 Å². The van der Waals surface area contributed by atoms with Crippen LogP contribution in [0.25, 0.3) is 11.3 Å². The first kappa shape index (κ1) is 21.3. The minimum atomic E-state index is -4.42. The summed E-state index contributed by atoms with van der Waals surface area (Å²) in [6.07, 6.45) is 4.96. The highest BCUT2D eigenvalue weighted by Crippen LogP contribution is 2.31. The van der Waals surface area contributed by atoms with Gasteiger partial charge in [0.25, 0.3) is 0 Å². The monoisotopic (exact) mass is 439 g/mol. The van der Waals surface area contributed by atoms with Gasteiger partial charge in [-0.1, -0.05) is 13.0 Å². The largest absolute Gasteiger partial charge is 0.416 e. The highest BCUT2D eigenvalue weighted by Gasteiger charge is 2.30. The van der Waals surface area contributed by atoms with Crippen LogP contribution in [0.3, 0.4) is 0 Å². The number of alkyl halides is 3. The number of benzene rings is 1. The molecule has 32 heavy (non-hydrogen) atoms. The number of halogens is 3. The molecule has 4 rings (SSSR count). The van der Waals surface area contributed by atoms with E-state index in [9.17, 15) is 13.2 Å². The van der Waals surface area contributed by atoms with E-state index in [-0.39, 0.29) is 11.6 Å². The van der Waals surface area contributed by atoms with Gasteiger partial charge in [-0.15, -0.1) is 0 Å². The standard InChI is InChI=1S/C22H20F3N7/c1-2-11-32(31-12-10-26-15-31)20-13-16(6-8-27-20)19-7-9-28-21(30-19)29-18-5-3-4-17(14-18)22(23,24)25/h3-10,12-15H,2,11H2,1H3,(H,28,29,30). The Morgan fingerprint density at radius 1 is 1.03 bits per heavy atom. The Bertz CT molecular complexity index is 1180.